The molecule has 0 atom stereocenters. The van der Waals surface area contributed by atoms with Gasteiger partial charge in [-0.25, -0.2) is 0 Å². The van der Waals surface area contributed by atoms with Gasteiger partial charge in [-0.2, -0.15) is 0 Å². The van der Waals surface area contributed by atoms with Crippen LogP contribution in [0.25, 0.3) is 0 Å². The summed E-state index contributed by atoms with van der Waals surface area (Å²) in [6, 6.07) is 0. The zero-order chi connectivity index (χ0) is 13.7. The lowest BCUT2D eigenvalue weighted by Crippen LogP contribution is -2.32. The van der Waals surface area contributed by atoms with E-state index in [0.717, 1.165) is 18.5 Å². The summed E-state index contributed by atoms with van der Waals surface area (Å²) in [5.74, 6) is 0.619. The van der Waals surface area contributed by atoms with E-state index in [4.69, 9.17) is 10.3 Å². The molecule has 6 nitrogen and oxygen atoms in total. The highest BCUT2D eigenvalue weighted by Crippen LogP contribution is 2.25. The van der Waals surface area contributed by atoms with Crippen molar-refractivity contribution in [3.63, 3.8) is 0 Å². The predicted molar refractivity (Wildman–Crippen MR) is 73.0 cm³/mol. The number of anilines is 1. The molecule has 0 bridgehead atoms. The van der Waals surface area contributed by atoms with Gasteiger partial charge in [0.1, 0.15) is 0 Å². The van der Waals surface area contributed by atoms with Crippen LogP contribution < -0.4 is 15.7 Å². The molecule has 1 amide bonds. The fraction of sp³-hybridized carbons (Fsp3) is 0.417. The third kappa shape index (κ3) is 4.13. The predicted octanol–water partition coefficient (Wildman–Crippen LogP) is 1.17. The number of hydrogen-bond acceptors (Lipinski definition) is 5. The Labute approximate surface area is 115 Å². The molecule has 1 aliphatic carbocycles. The van der Waals surface area contributed by atoms with Crippen LogP contribution >= 0.6 is 11.8 Å². The van der Waals surface area contributed by atoms with Crippen LogP contribution in [0.15, 0.2) is 33.5 Å². The van der Waals surface area contributed by atoms with Gasteiger partial charge in [0, 0.05) is 5.70 Å². The molecule has 3 N–H and O–H groups in total. The van der Waals surface area contributed by atoms with Gasteiger partial charge in [-0.15, -0.1) is 11.8 Å². The first-order chi connectivity index (χ1) is 9.17. The minimum atomic E-state index is -0.104. The number of carbonyl (C=O) groups is 1. The topological polar surface area (TPSA) is 85.0 Å². The molecule has 102 valence electrons. The van der Waals surface area contributed by atoms with E-state index in [2.05, 4.69) is 10.6 Å². The molecular formula is C12H17N4O2S+. The molecular weight excluding hydrogens is 264 g/mol. The maximum atomic E-state index is 11.7. The van der Waals surface area contributed by atoms with Gasteiger partial charge in [-0.05, 0) is 30.7 Å². The molecule has 0 aromatic carbocycles. The second-order valence-electron chi connectivity index (χ2n) is 4.13. The number of nitrogens with two attached hydrogens (primary N) is 1. The molecule has 0 aliphatic heterocycles. The molecule has 0 saturated heterocycles. The van der Waals surface area contributed by atoms with Crippen molar-refractivity contribution in [3.05, 3.63) is 29.0 Å². The summed E-state index contributed by atoms with van der Waals surface area (Å²) in [5.41, 5.74) is 6.57. The van der Waals surface area contributed by atoms with Crippen molar-refractivity contribution in [1.82, 2.24) is 5.27 Å². The van der Waals surface area contributed by atoms with E-state index in [1.54, 1.807) is 10.9 Å². The fourth-order valence-electron chi connectivity index (χ4n) is 1.57. The number of aryl methyl sites for hydroxylation is 1. The van der Waals surface area contributed by atoms with Crippen LogP contribution in [0.1, 0.15) is 19.8 Å². The lowest BCUT2D eigenvalue weighted by atomic mass is 10.1. The third-order valence-corrected chi connectivity index (χ3v) is 3.75. The Kier molecular flexibility index (Phi) is 4.62. The van der Waals surface area contributed by atoms with Gasteiger partial charge in [0.15, 0.2) is 6.54 Å². The number of amides is 1. The molecule has 1 aromatic rings. The van der Waals surface area contributed by atoms with Gasteiger partial charge in [0.25, 0.3) is 6.20 Å². The zero-order valence-corrected chi connectivity index (χ0v) is 11.6. The van der Waals surface area contributed by atoms with Crippen LogP contribution in [0.5, 0.6) is 0 Å². The largest absolute Gasteiger partial charge is 0.402 e. The van der Waals surface area contributed by atoms with Crippen molar-refractivity contribution in [2.45, 2.75) is 26.3 Å². The lowest BCUT2D eigenvalue weighted by molar-refractivity contribution is -0.759. The molecule has 1 aromatic heterocycles. The van der Waals surface area contributed by atoms with Crippen LogP contribution in [0.3, 0.4) is 0 Å². The van der Waals surface area contributed by atoms with E-state index in [0.29, 0.717) is 18.2 Å². The van der Waals surface area contributed by atoms with Gasteiger partial charge in [-0.3, -0.25) is 14.6 Å². The second-order valence-corrected chi connectivity index (χ2v) is 5.24. The summed E-state index contributed by atoms with van der Waals surface area (Å²) in [7, 11) is 0. The van der Waals surface area contributed by atoms with E-state index in [1.807, 2.05) is 19.1 Å². The normalized spacial score (nSPS) is 14.8. The van der Waals surface area contributed by atoms with Crippen LogP contribution in [-0.2, 0) is 11.3 Å². The van der Waals surface area contributed by atoms with Crippen molar-refractivity contribution in [3.8, 4) is 0 Å². The number of allylic oxidation sites excluding steroid dienone is 4. The molecule has 1 heterocycles. The van der Waals surface area contributed by atoms with E-state index < -0.39 is 0 Å². The number of rotatable bonds is 5. The van der Waals surface area contributed by atoms with Crippen molar-refractivity contribution in [2.24, 2.45) is 5.73 Å². The standard InChI is InChI=1S/C12H16N4O2S/c1-2-16-7-12(18-15-16)14-11(17)8-19-10-5-3-9(13)4-6-10/h3,5,7H,2,4,6,8,13H2,1H3/p+1. The first-order valence-corrected chi connectivity index (χ1v) is 7.10. The Bertz CT molecular complexity index is 522. The van der Waals surface area contributed by atoms with Crippen LogP contribution in [0, 0.1) is 0 Å². The first-order valence-electron chi connectivity index (χ1n) is 6.11. The molecule has 7 heteroatoms. The van der Waals surface area contributed by atoms with Gasteiger partial charge in [-0.1, -0.05) is 10.8 Å². The molecule has 2 rings (SSSR count). The molecule has 0 saturated carbocycles. The van der Waals surface area contributed by atoms with Crippen LogP contribution in [0.4, 0.5) is 5.88 Å². The van der Waals surface area contributed by atoms with Crippen LogP contribution in [-0.4, -0.2) is 16.9 Å². The average Bonchev–Trinajstić information content (AvgIpc) is 2.86. The second kappa shape index (κ2) is 6.42. The Morgan fingerprint density at radius 2 is 2.42 bits per heavy atom. The van der Waals surface area contributed by atoms with Crippen molar-refractivity contribution in [1.29, 1.82) is 0 Å². The number of nitrogens with one attached hydrogen (secondary N) is 1. The minimum absolute atomic E-state index is 0.104. The van der Waals surface area contributed by atoms with Crippen molar-refractivity contribution < 1.29 is 14.0 Å². The van der Waals surface area contributed by atoms with E-state index >= 15 is 0 Å². The third-order valence-electron chi connectivity index (χ3n) is 2.63. The fourth-order valence-corrected chi connectivity index (χ4v) is 2.37. The average molecular weight is 281 g/mol. The molecule has 19 heavy (non-hydrogen) atoms. The van der Waals surface area contributed by atoms with Crippen molar-refractivity contribution >= 4 is 23.6 Å². The summed E-state index contributed by atoms with van der Waals surface area (Å²) >= 11 is 1.52. The summed E-state index contributed by atoms with van der Waals surface area (Å²) < 4.78 is 6.57. The monoisotopic (exact) mass is 281 g/mol. The molecule has 1 aliphatic rings. The maximum absolute atomic E-state index is 11.7. The van der Waals surface area contributed by atoms with Crippen LogP contribution in [0.2, 0.25) is 0 Å². The van der Waals surface area contributed by atoms with Crippen molar-refractivity contribution in [2.75, 3.05) is 11.1 Å². The minimum Gasteiger partial charge on any atom is -0.402 e. The first kappa shape index (κ1) is 13.7. The van der Waals surface area contributed by atoms with Gasteiger partial charge in [0.05, 0.1) is 5.75 Å². The highest BCUT2D eigenvalue weighted by atomic mass is 32.2. The lowest BCUT2D eigenvalue weighted by Gasteiger charge is -2.10. The molecule has 0 unspecified atom stereocenters. The SMILES string of the molecule is CC[n+]1cc(NC(=O)CSC2=CC=C(N)CC2)on1. The summed E-state index contributed by atoms with van der Waals surface area (Å²) in [6.07, 6.45) is 7.28. The molecule has 0 fully saturated rings. The van der Waals surface area contributed by atoms with Gasteiger partial charge < -0.3 is 5.73 Å². The Morgan fingerprint density at radius 1 is 1.58 bits per heavy atom. The Morgan fingerprint density at radius 3 is 3.05 bits per heavy atom. The van der Waals surface area contributed by atoms with E-state index in [9.17, 15) is 4.79 Å². The zero-order valence-electron chi connectivity index (χ0n) is 10.8. The maximum Gasteiger partial charge on any atom is 0.302 e. The highest BCUT2D eigenvalue weighted by molar-refractivity contribution is 8.03. The summed E-state index contributed by atoms with van der Waals surface area (Å²) in [6.45, 7) is 2.65. The smallest absolute Gasteiger partial charge is 0.302 e. The highest BCUT2D eigenvalue weighted by Gasteiger charge is 2.13. The number of hydrogen-bond donors (Lipinski definition) is 2. The van der Waals surface area contributed by atoms with Gasteiger partial charge >= 0.3 is 5.88 Å². The molecule has 0 spiro atoms. The molecule has 0 radical (unpaired) electrons. The Hall–Kier alpha value is -1.76. The number of carbonyl (C=O) groups excluding carboxylic acids is 1. The Balaban J connectivity index is 1.78. The number of nitrogens with zero attached hydrogens (tertiary/aromatic N) is 2. The van der Waals surface area contributed by atoms with E-state index in [1.165, 1.54) is 16.7 Å². The quantitative estimate of drug-likeness (QED) is 0.791. The summed E-state index contributed by atoms with van der Waals surface area (Å²) in [5, 5.41) is 6.40. The number of aromatic nitrogens is 2. The van der Waals surface area contributed by atoms with Gasteiger partial charge in [0.2, 0.25) is 11.2 Å². The van der Waals surface area contributed by atoms with E-state index in [-0.39, 0.29) is 5.91 Å². The number of thioether (sulfide) groups is 1. The summed E-state index contributed by atoms with van der Waals surface area (Å²) in [4.78, 5) is 12.9.